The number of carbonyl (C=O) groups excluding carboxylic acids is 1. The molecule has 0 aliphatic carbocycles. The summed E-state index contributed by atoms with van der Waals surface area (Å²) in [5.41, 5.74) is 0.963. The van der Waals surface area contributed by atoms with E-state index in [0.29, 0.717) is 19.0 Å². The Kier molecular flexibility index (Phi) is 7.58. The molecular weight excluding hydrogens is 371 g/mol. The predicted octanol–water partition coefficient (Wildman–Crippen LogP) is 0.848. The Morgan fingerprint density at radius 2 is 2.07 bits per heavy atom. The molecule has 8 nitrogen and oxygen atoms in total. The lowest BCUT2D eigenvalue weighted by Gasteiger charge is -2.27. The van der Waals surface area contributed by atoms with Gasteiger partial charge in [0.05, 0.1) is 6.61 Å². The molecule has 0 aliphatic rings. The van der Waals surface area contributed by atoms with Crippen molar-refractivity contribution in [1.29, 1.82) is 0 Å². The summed E-state index contributed by atoms with van der Waals surface area (Å²) in [6.45, 7) is 7.30. The summed E-state index contributed by atoms with van der Waals surface area (Å²) < 4.78 is 12.0. The maximum Gasteiger partial charge on any atom is 0.420 e. The topological polar surface area (TPSA) is 85.7 Å². The number of hydrogen-bond acceptors (Lipinski definition) is 6. The Hall–Kier alpha value is -2.65. The van der Waals surface area contributed by atoms with Gasteiger partial charge in [-0.25, -0.2) is 14.7 Å². The summed E-state index contributed by atoms with van der Waals surface area (Å²) in [6.07, 6.45) is 2.73. The first-order chi connectivity index (χ1) is 13.6. The molecule has 0 aliphatic heterocycles. The highest BCUT2D eigenvalue weighted by Gasteiger charge is 2.28. The number of methoxy groups -OCH3 is 1. The van der Waals surface area contributed by atoms with Crippen LogP contribution in [0.3, 0.4) is 0 Å². The maximum absolute atomic E-state index is 13.0. The minimum absolute atomic E-state index is 0.195. The molecule has 2 heterocycles. The molecule has 0 saturated carbocycles. The summed E-state index contributed by atoms with van der Waals surface area (Å²) in [5, 5.41) is 3.24. The van der Waals surface area contributed by atoms with E-state index >= 15 is 0 Å². The zero-order valence-corrected chi connectivity index (χ0v) is 18.0. The van der Waals surface area contributed by atoms with Gasteiger partial charge >= 0.3 is 6.09 Å². The molecule has 0 atom stereocenters. The number of pyridine rings is 2. The number of carbonyl (C=O) groups is 1. The van der Waals surface area contributed by atoms with Crippen LogP contribution >= 0.6 is 0 Å². The number of aromatic nitrogens is 2. The van der Waals surface area contributed by atoms with Crippen LogP contribution in [0.25, 0.3) is 0 Å². The molecule has 2 rings (SSSR count). The van der Waals surface area contributed by atoms with Crippen LogP contribution in [0, 0.1) is 0 Å². The van der Waals surface area contributed by atoms with Crippen LogP contribution in [-0.4, -0.2) is 49.4 Å². The number of nitrogens with one attached hydrogen (secondary N) is 1. The van der Waals surface area contributed by atoms with Gasteiger partial charge in [0.15, 0.2) is 0 Å². The molecule has 29 heavy (non-hydrogen) atoms. The largest absolute Gasteiger partial charge is 0.443 e. The standard InChI is InChI=1S/C20H29BN4O4/c1-20(2,3)29-19(27)25(16-10-15(21)13-24(4)18(16)26)17-7-6-14(12-23-17)11-22-8-9-28-5/h6-7,10,12-13,22H,8-9,11,21H2,1-5H3. The Morgan fingerprint density at radius 1 is 1.34 bits per heavy atom. The lowest BCUT2D eigenvalue weighted by molar-refractivity contribution is 0.0597. The van der Waals surface area contributed by atoms with Crippen molar-refractivity contribution < 1.29 is 14.3 Å². The normalized spacial score (nSPS) is 11.3. The number of amides is 1. The van der Waals surface area contributed by atoms with Crippen LogP contribution in [0.1, 0.15) is 26.3 Å². The fraction of sp³-hybridized carbons (Fsp3) is 0.450. The Balaban J connectivity index is 2.38. The van der Waals surface area contributed by atoms with Crippen LogP contribution in [-0.2, 0) is 23.1 Å². The average molecular weight is 400 g/mol. The molecule has 0 aromatic carbocycles. The van der Waals surface area contributed by atoms with Gasteiger partial charge < -0.3 is 19.4 Å². The third-order valence-corrected chi connectivity index (χ3v) is 3.97. The van der Waals surface area contributed by atoms with E-state index in [4.69, 9.17) is 9.47 Å². The summed E-state index contributed by atoms with van der Waals surface area (Å²) in [4.78, 5) is 31.3. The van der Waals surface area contributed by atoms with Crippen molar-refractivity contribution in [2.24, 2.45) is 7.05 Å². The van der Waals surface area contributed by atoms with Gasteiger partial charge in [0, 0.05) is 39.6 Å². The molecule has 156 valence electrons. The van der Waals surface area contributed by atoms with Crippen LogP contribution < -0.4 is 21.2 Å². The summed E-state index contributed by atoms with van der Waals surface area (Å²) in [6, 6.07) is 5.23. The van der Waals surface area contributed by atoms with E-state index in [1.54, 1.807) is 59.5 Å². The highest BCUT2D eigenvalue weighted by molar-refractivity contribution is 6.32. The molecule has 9 heteroatoms. The van der Waals surface area contributed by atoms with Crippen molar-refractivity contribution in [3.8, 4) is 0 Å². The molecule has 0 unspecified atom stereocenters. The molecule has 0 spiro atoms. The summed E-state index contributed by atoms with van der Waals surface area (Å²) in [5.74, 6) is 0.322. The second-order valence-corrected chi connectivity index (χ2v) is 7.83. The van der Waals surface area contributed by atoms with Gasteiger partial charge in [-0.05, 0) is 38.5 Å². The second-order valence-electron chi connectivity index (χ2n) is 7.83. The predicted molar refractivity (Wildman–Crippen MR) is 116 cm³/mol. The third kappa shape index (κ3) is 6.44. The highest BCUT2D eigenvalue weighted by atomic mass is 16.6. The maximum atomic E-state index is 13.0. The minimum atomic E-state index is -0.713. The van der Waals surface area contributed by atoms with E-state index in [-0.39, 0.29) is 11.2 Å². The molecule has 1 amide bonds. The van der Waals surface area contributed by atoms with Crippen LogP contribution in [0.2, 0.25) is 0 Å². The number of aryl methyl sites for hydroxylation is 1. The van der Waals surface area contributed by atoms with E-state index in [1.807, 2.05) is 13.9 Å². The van der Waals surface area contributed by atoms with Gasteiger partial charge in [-0.2, -0.15) is 0 Å². The Labute approximate surface area is 172 Å². The molecule has 2 aromatic heterocycles. The zero-order chi connectivity index (χ0) is 21.6. The molecule has 2 aromatic rings. The fourth-order valence-electron chi connectivity index (χ4n) is 2.70. The van der Waals surface area contributed by atoms with Crippen LogP contribution in [0.4, 0.5) is 16.3 Å². The van der Waals surface area contributed by atoms with Gasteiger partial charge in [-0.15, -0.1) is 0 Å². The smallest absolute Gasteiger partial charge is 0.420 e. The number of hydrogen-bond donors (Lipinski definition) is 1. The van der Waals surface area contributed by atoms with E-state index in [9.17, 15) is 9.59 Å². The van der Waals surface area contributed by atoms with Gasteiger partial charge in [-0.1, -0.05) is 11.5 Å². The van der Waals surface area contributed by atoms with Crippen molar-refractivity contribution >= 4 is 30.9 Å². The fourth-order valence-corrected chi connectivity index (χ4v) is 2.70. The van der Waals surface area contributed by atoms with Gasteiger partial charge in [0.25, 0.3) is 5.56 Å². The lowest BCUT2D eigenvalue weighted by atomic mass is 9.98. The molecule has 1 N–H and O–H groups in total. The summed E-state index contributed by atoms with van der Waals surface area (Å²) in [7, 11) is 5.16. The zero-order valence-electron chi connectivity index (χ0n) is 18.0. The van der Waals surface area contributed by atoms with E-state index in [0.717, 1.165) is 17.6 Å². The lowest BCUT2D eigenvalue weighted by Crippen LogP contribution is -2.39. The third-order valence-electron chi connectivity index (χ3n) is 3.97. The first kappa shape index (κ1) is 22.6. The number of anilines is 2. The van der Waals surface area contributed by atoms with Gasteiger partial charge in [0.1, 0.15) is 25.0 Å². The minimum Gasteiger partial charge on any atom is -0.443 e. The highest BCUT2D eigenvalue weighted by Crippen LogP contribution is 2.23. The molecule has 0 radical (unpaired) electrons. The molecule has 0 bridgehead atoms. The first-order valence-electron chi connectivity index (χ1n) is 9.47. The number of nitrogens with zero attached hydrogens (tertiary/aromatic N) is 3. The Bertz CT molecular complexity index is 891. The van der Waals surface area contributed by atoms with Crippen LogP contribution in [0.5, 0.6) is 0 Å². The van der Waals surface area contributed by atoms with Crippen LogP contribution in [0.15, 0.2) is 35.4 Å². The van der Waals surface area contributed by atoms with E-state index in [2.05, 4.69) is 10.3 Å². The quantitative estimate of drug-likeness (QED) is 0.548. The summed E-state index contributed by atoms with van der Waals surface area (Å²) >= 11 is 0. The second kappa shape index (κ2) is 9.71. The number of ether oxygens (including phenoxy) is 2. The first-order valence-corrected chi connectivity index (χ1v) is 9.47. The monoisotopic (exact) mass is 400 g/mol. The van der Waals surface area contributed by atoms with Crippen molar-refractivity contribution in [1.82, 2.24) is 14.9 Å². The van der Waals surface area contributed by atoms with Crippen molar-refractivity contribution in [2.45, 2.75) is 32.9 Å². The van der Waals surface area contributed by atoms with E-state index in [1.165, 1.54) is 9.47 Å². The molecular formula is C20H29BN4O4. The Morgan fingerprint density at radius 3 is 2.66 bits per heavy atom. The van der Waals surface area contributed by atoms with Crippen molar-refractivity contribution in [3.05, 3.63) is 46.5 Å². The van der Waals surface area contributed by atoms with E-state index < -0.39 is 11.7 Å². The molecule has 0 saturated heterocycles. The average Bonchev–Trinajstić information content (AvgIpc) is 2.62. The van der Waals surface area contributed by atoms with Gasteiger partial charge in [-0.3, -0.25) is 4.79 Å². The molecule has 0 fully saturated rings. The van der Waals surface area contributed by atoms with Gasteiger partial charge in [0.2, 0.25) is 0 Å². The number of rotatable bonds is 7. The van der Waals surface area contributed by atoms with Crippen molar-refractivity contribution in [2.75, 3.05) is 25.2 Å². The SMILES string of the molecule is Bc1cc(N(C(=O)OC(C)(C)C)c2ccc(CNCCOC)cn2)c(=O)n(C)c1. The van der Waals surface area contributed by atoms with Crippen molar-refractivity contribution in [3.63, 3.8) is 0 Å².